The predicted octanol–water partition coefficient (Wildman–Crippen LogP) is 3.74. The Morgan fingerprint density at radius 1 is 1.03 bits per heavy atom. The average molecular weight is 393 g/mol. The zero-order valence-electron chi connectivity index (χ0n) is 17.7. The lowest BCUT2D eigenvalue weighted by Crippen LogP contribution is -2.16. The van der Waals surface area contributed by atoms with E-state index in [4.69, 9.17) is 4.74 Å². The van der Waals surface area contributed by atoms with E-state index in [0.717, 1.165) is 30.0 Å². The number of benzene rings is 1. The van der Waals surface area contributed by atoms with Crippen LogP contribution in [0.25, 0.3) is 0 Å². The van der Waals surface area contributed by atoms with Gasteiger partial charge in [0.1, 0.15) is 5.56 Å². The molecule has 0 aliphatic rings. The van der Waals surface area contributed by atoms with Crippen LogP contribution in [0.3, 0.4) is 0 Å². The Morgan fingerprint density at radius 3 is 2.34 bits per heavy atom. The summed E-state index contributed by atoms with van der Waals surface area (Å²) in [5.74, 6) is -0.712. The van der Waals surface area contributed by atoms with Gasteiger partial charge in [-0.3, -0.25) is 9.48 Å². The third kappa shape index (κ3) is 4.31. The van der Waals surface area contributed by atoms with Crippen molar-refractivity contribution < 1.29 is 14.3 Å². The van der Waals surface area contributed by atoms with Crippen molar-refractivity contribution >= 4 is 11.8 Å². The highest BCUT2D eigenvalue weighted by atomic mass is 16.5. The van der Waals surface area contributed by atoms with Gasteiger partial charge >= 0.3 is 5.97 Å². The first kappa shape index (κ1) is 20.6. The van der Waals surface area contributed by atoms with Crippen molar-refractivity contribution in [3.8, 4) is 0 Å². The van der Waals surface area contributed by atoms with Crippen molar-refractivity contribution in [3.05, 3.63) is 75.9 Å². The van der Waals surface area contributed by atoms with Crippen LogP contribution < -0.4 is 0 Å². The number of aromatic nitrogens is 3. The van der Waals surface area contributed by atoms with Crippen LogP contribution in [0.4, 0.5) is 0 Å². The second kappa shape index (κ2) is 8.47. The maximum atomic E-state index is 12.7. The van der Waals surface area contributed by atoms with E-state index in [1.54, 1.807) is 25.6 Å². The zero-order valence-corrected chi connectivity index (χ0v) is 17.7. The molecule has 0 saturated heterocycles. The maximum Gasteiger partial charge on any atom is 0.342 e. The van der Waals surface area contributed by atoms with E-state index >= 15 is 0 Å². The number of carbonyl (C=O) groups excluding carboxylic acids is 2. The van der Waals surface area contributed by atoms with Gasteiger partial charge in [0.05, 0.1) is 5.69 Å². The van der Waals surface area contributed by atoms with Crippen LogP contribution in [0.1, 0.15) is 49.1 Å². The number of rotatable bonds is 7. The van der Waals surface area contributed by atoms with E-state index in [9.17, 15) is 9.59 Å². The summed E-state index contributed by atoms with van der Waals surface area (Å²) in [5.41, 5.74) is 5.52. The molecule has 0 atom stereocenters. The SMILES string of the molecule is Cc1nn(C)c(C)c1C(=O)OCC(=O)c1cc(C)n(CCc2ccccc2)c1C. The molecule has 0 bridgehead atoms. The summed E-state index contributed by atoms with van der Waals surface area (Å²) < 4.78 is 9.07. The summed E-state index contributed by atoms with van der Waals surface area (Å²) in [6.07, 6.45) is 0.888. The van der Waals surface area contributed by atoms with Crippen molar-refractivity contribution in [2.24, 2.45) is 7.05 Å². The Balaban J connectivity index is 1.67. The Labute approximate surface area is 171 Å². The molecule has 0 aliphatic heterocycles. The predicted molar refractivity (Wildman–Crippen MR) is 111 cm³/mol. The van der Waals surface area contributed by atoms with Gasteiger partial charge in [0.15, 0.2) is 6.61 Å². The van der Waals surface area contributed by atoms with Gasteiger partial charge < -0.3 is 9.30 Å². The molecule has 3 rings (SSSR count). The number of hydrogen-bond acceptors (Lipinski definition) is 4. The molecule has 2 aromatic heterocycles. The third-order valence-electron chi connectivity index (χ3n) is 5.39. The summed E-state index contributed by atoms with van der Waals surface area (Å²) in [7, 11) is 1.77. The molecular formula is C23H27N3O3. The number of nitrogens with zero attached hydrogens (tertiary/aromatic N) is 3. The van der Waals surface area contributed by atoms with Gasteiger partial charge in [-0.05, 0) is 45.7 Å². The highest BCUT2D eigenvalue weighted by Crippen LogP contribution is 2.18. The molecule has 6 nitrogen and oxygen atoms in total. The molecule has 0 radical (unpaired) electrons. The van der Waals surface area contributed by atoms with Gasteiger partial charge in [0.25, 0.3) is 0 Å². The molecule has 0 fully saturated rings. The summed E-state index contributed by atoms with van der Waals surface area (Å²) in [4.78, 5) is 25.1. The Morgan fingerprint density at radius 2 is 1.72 bits per heavy atom. The van der Waals surface area contributed by atoms with Crippen molar-refractivity contribution in [2.45, 2.75) is 40.7 Å². The fourth-order valence-corrected chi connectivity index (χ4v) is 3.66. The smallest absolute Gasteiger partial charge is 0.342 e. The van der Waals surface area contributed by atoms with Crippen LogP contribution in [0.2, 0.25) is 0 Å². The van der Waals surface area contributed by atoms with Gasteiger partial charge in [-0.1, -0.05) is 30.3 Å². The highest BCUT2D eigenvalue weighted by molar-refractivity contribution is 6.00. The number of ketones is 1. The first-order valence-corrected chi connectivity index (χ1v) is 9.70. The van der Waals surface area contributed by atoms with Crippen molar-refractivity contribution in [1.29, 1.82) is 0 Å². The molecule has 0 unspecified atom stereocenters. The van der Waals surface area contributed by atoms with Gasteiger partial charge in [0, 0.05) is 36.2 Å². The van der Waals surface area contributed by atoms with Gasteiger partial charge in [-0.15, -0.1) is 0 Å². The lowest BCUT2D eigenvalue weighted by Gasteiger charge is -2.10. The fourth-order valence-electron chi connectivity index (χ4n) is 3.66. The van der Waals surface area contributed by atoms with Gasteiger partial charge in [0.2, 0.25) is 5.78 Å². The van der Waals surface area contributed by atoms with Crippen LogP contribution in [0.15, 0.2) is 36.4 Å². The van der Waals surface area contributed by atoms with Gasteiger partial charge in [-0.25, -0.2) is 4.79 Å². The molecule has 0 aliphatic carbocycles. The minimum absolute atomic E-state index is 0.198. The van der Waals surface area contributed by atoms with Crippen LogP contribution in [0, 0.1) is 27.7 Å². The molecule has 6 heteroatoms. The quantitative estimate of drug-likeness (QED) is 0.453. The normalized spacial score (nSPS) is 10.9. The van der Waals surface area contributed by atoms with E-state index in [0.29, 0.717) is 16.8 Å². The molecule has 0 spiro atoms. The zero-order chi connectivity index (χ0) is 21.1. The second-order valence-corrected chi connectivity index (χ2v) is 7.34. The minimum Gasteiger partial charge on any atom is -0.454 e. The molecule has 29 heavy (non-hydrogen) atoms. The number of Topliss-reactive ketones (excluding diaryl/α,β-unsaturated/α-hetero) is 1. The van der Waals surface area contributed by atoms with Crippen LogP contribution in [-0.4, -0.2) is 32.7 Å². The van der Waals surface area contributed by atoms with E-state index in [1.165, 1.54) is 5.56 Å². The summed E-state index contributed by atoms with van der Waals surface area (Å²) >= 11 is 0. The van der Waals surface area contributed by atoms with E-state index < -0.39 is 5.97 Å². The van der Waals surface area contributed by atoms with E-state index in [2.05, 4.69) is 21.8 Å². The van der Waals surface area contributed by atoms with Crippen molar-refractivity contribution in [3.63, 3.8) is 0 Å². The molecule has 0 saturated carbocycles. The number of carbonyl (C=O) groups is 2. The van der Waals surface area contributed by atoms with Crippen molar-refractivity contribution in [2.75, 3.05) is 6.61 Å². The molecule has 1 aromatic carbocycles. The Hall–Kier alpha value is -3.15. The largest absolute Gasteiger partial charge is 0.454 e. The monoisotopic (exact) mass is 393 g/mol. The highest BCUT2D eigenvalue weighted by Gasteiger charge is 2.21. The van der Waals surface area contributed by atoms with Crippen LogP contribution in [-0.2, 0) is 24.8 Å². The molecule has 0 amide bonds. The molecule has 2 heterocycles. The first-order chi connectivity index (χ1) is 13.8. The Bertz CT molecular complexity index is 1050. The molecule has 0 N–H and O–H groups in total. The van der Waals surface area contributed by atoms with Crippen LogP contribution >= 0.6 is 0 Å². The number of hydrogen-bond donors (Lipinski definition) is 0. The lowest BCUT2D eigenvalue weighted by atomic mass is 10.1. The lowest BCUT2D eigenvalue weighted by molar-refractivity contribution is 0.0473. The number of aryl methyl sites for hydroxylation is 4. The topological polar surface area (TPSA) is 66.1 Å². The maximum absolute atomic E-state index is 12.7. The van der Waals surface area contributed by atoms with Gasteiger partial charge in [-0.2, -0.15) is 5.10 Å². The minimum atomic E-state index is -0.515. The summed E-state index contributed by atoms with van der Waals surface area (Å²) in [6, 6.07) is 12.1. The third-order valence-corrected chi connectivity index (χ3v) is 5.39. The average Bonchev–Trinajstić information content (AvgIpc) is 3.13. The second-order valence-electron chi connectivity index (χ2n) is 7.34. The summed E-state index contributed by atoms with van der Waals surface area (Å²) in [6.45, 7) is 7.99. The number of ether oxygens (including phenoxy) is 1. The molecular weight excluding hydrogens is 366 g/mol. The van der Waals surface area contributed by atoms with E-state index in [-0.39, 0.29) is 12.4 Å². The standard InChI is InChI=1S/C23H27N3O3/c1-15-13-20(17(3)26(15)12-11-19-9-7-6-8-10-19)21(27)14-29-23(28)22-16(2)24-25(5)18(22)4/h6-10,13H,11-12,14H2,1-5H3. The number of esters is 1. The molecule has 3 aromatic rings. The van der Waals surface area contributed by atoms with E-state index in [1.807, 2.05) is 38.1 Å². The fraction of sp³-hybridized carbons (Fsp3) is 0.348. The van der Waals surface area contributed by atoms with Crippen molar-refractivity contribution in [1.82, 2.24) is 14.3 Å². The first-order valence-electron chi connectivity index (χ1n) is 9.70. The summed E-state index contributed by atoms with van der Waals surface area (Å²) in [5, 5.41) is 4.22. The Kier molecular flexibility index (Phi) is 6.01. The van der Waals surface area contributed by atoms with Crippen LogP contribution in [0.5, 0.6) is 0 Å². The molecule has 152 valence electrons.